The molecule has 0 unspecified atom stereocenters. The number of fused-ring (bicyclic) bond motifs is 1. The number of amides is 1. The number of nitrogens with two attached hydrogens (primary N) is 1. The van der Waals surface area contributed by atoms with Crippen molar-refractivity contribution in [3.63, 3.8) is 0 Å². The first kappa shape index (κ1) is 18.1. The van der Waals surface area contributed by atoms with Crippen molar-refractivity contribution in [3.05, 3.63) is 59.0 Å². The number of nitrogens with zero attached hydrogens (tertiary/aromatic N) is 2. The van der Waals surface area contributed by atoms with Crippen molar-refractivity contribution in [1.29, 1.82) is 0 Å². The number of halogens is 4. The fraction of sp³-hybridized carbons (Fsp3) is 0.0556. The minimum atomic E-state index is -4.56. The third kappa shape index (κ3) is 2.99. The highest BCUT2D eigenvalue weighted by atomic mass is 35.5. The van der Waals surface area contributed by atoms with Gasteiger partial charge < -0.3 is 15.7 Å². The summed E-state index contributed by atoms with van der Waals surface area (Å²) >= 11 is 6.12. The van der Waals surface area contributed by atoms with Crippen LogP contribution in [0.4, 0.5) is 13.2 Å². The van der Waals surface area contributed by atoms with Crippen LogP contribution >= 0.6 is 11.6 Å². The second kappa shape index (κ2) is 6.38. The smallest absolute Gasteiger partial charge is 0.366 e. The zero-order chi connectivity index (χ0) is 20.1. The Morgan fingerprint density at radius 2 is 1.93 bits per heavy atom. The Morgan fingerprint density at radius 1 is 1.14 bits per heavy atom. The number of rotatable bonds is 3. The number of alkyl halides is 3. The molecule has 0 aliphatic heterocycles. The minimum absolute atomic E-state index is 0.00137. The number of H-pyrrole nitrogens is 2. The third-order valence-electron chi connectivity index (χ3n) is 4.26. The lowest BCUT2D eigenvalue weighted by Gasteiger charge is -2.10. The van der Waals surface area contributed by atoms with E-state index in [1.165, 1.54) is 12.4 Å². The Hall–Kier alpha value is -3.33. The number of aromatic nitrogens is 4. The van der Waals surface area contributed by atoms with Gasteiger partial charge in [-0.15, -0.1) is 0 Å². The van der Waals surface area contributed by atoms with E-state index in [0.29, 0.717) is 22.4 Å². The number of carbonyl (C=O) groups excluding carboxylic acids is 1. The van der Waals surface area contributed by atoms with Crippen LogP contribution in [0.25, 0.3) is 33.7 Å². The molecule has 4 aromatic rings. The number of nitrogens with one attached hydrogen (secondary N) is 2. The second-order valence-electron chi connectivity index (χ2n) is 5.99. The molecule has 3 heterocycles. The van der Waals surface area contributed by atoms with E-state index < -0.39 is 17.6 Å². The molecule has 0 aliphatic carbocycles. The summed E-state index contributed by atoms with van der Waals surface area (Å²) in [6.07, 6.45) is -1.56. The van der Waals surface area contributed by atoms with Crippen LogP contribution in [0.2, 0.25) is 5.02 Å². The summed E-state index contributed by atoms with van der Waals surface area (Å²) in [5, 5.41) is 0.708. The van der Waals surface area contributed by atoms with Crippen molar-refractivity contribution in [3.8, 4) is 22.6 Å². The first-order chi connectivity index (χ1) is 13.3. The van der Waals surface area contributed by atoms with Gasteiger partial charge in [0.15, 0.2) is 0 Å². The molecule has 1 aromatic carbocycles. The van der Waals surface area contributed by atoms with Gasteiger partial charge in [0.1, 0.15) is 12.0 Å². The topological polar surface area (TPSA) is 100 Å². The van der Waals surface area contributed by atoms with Crippen LogP contribution in [0.15, 0.2) is 42.9 Å². The fourth-order valence-corrected chi connectivity index (χ4v) is 3.18. The quantitative estimate of drug-likeness (QED) is 0.471. The normalized spacial score (nSPS) is 11.9. The highest BCUT2D eigenvalue weighted by molar-refractivity contribution is 6.33. The molecule has 142 valence electrons. The van der Waals surface area contributed by atoms with Crippen LogP contribution in [0.5, 0.6) is 0 Å². The number of hydrogen-bond donors (Lipinski definition) is 3. The zero-order valence-electron chi connectivity index (χ0n) is 13.9. The van der Waals surface area contributed by atoms with Crippen molar-refractivity contribution in [2.24, 2.45) is 5.73 Å². The molecular formula is C18H11ClF3N5O. The van der Waals surface area contributed by atoms with Crippen LogP contribution < -0.4 is 5.73 Å². The molecule has 4 N–H and O–H groups in total. The zero-order valence-corrected chi connectivity index (χ0v) is 14.7. The first-order valence-corrected chi connectivity index (χ1v) is 8.32. The summed E-state index contributed by atoms with van der Waals surface area (Å²) in [6, 6.07) is 6.04. The molecule has 3 aromatic heterocycles. The molecule has 10 heteroatoms. The average molecular weight is 406 g/mol. The molecule has 6 nitrogen and oxygen atoms in total. The molecule has 4 rings (SSSR count). The van der Waals surface area contributed by atoms with Crippen LogP contribution in [0, 0.1) is 0 Å². The van der Waals surface area contributed by atoms with Crippen molar-refractivity contribution >= 4 is 28.5 Å². The van der Waals surface area contributed by atoms with Crippen molar-refractivity contribution < 1.29 is 18.0 Å². The Balaban J connectivity index is 1.94. The maximum absolute atomic E-state index is 13.1. The highest BCUT2D eigenvalue weighted by Crippen LogP contribution is 2.38. The van der Waals surface area contributed by atoms with E-state index in [0.717, 1.165) is 18.2 Å². The second-order valence-corrected chi connectivity index (χ2v) is 6.40. The lowest BCUT2D eigenvalue weighted by Crippen LogP contribution is -2.11. The standard InChI is InChI=1S/C18H11ClF3N5O/c19-12-2-1-8(18(20,21)22)5-10(12)14-11(16(23)28)6-13(27-14)15-9-3-4-24-17(9)26-7-25-15/h1-7,27H,(H2,23,28)(H,24,25,26). The molecule has 28 heavy (non-hydrogen) atoms. The lowest BCUT2D eigenvalue weighted by atomic mass is 10.0. The lowest BCUT2D eigenvalue weighted by molar-refractivity contribution is -0.137. The van der Waals surface area contributed by atoms with Crippen LogP contribution in [-0.2, 0) is 6.18 Å². The molecule has 0 saturated heterocycles. The van der Waals surface area contributed by atoms with Gasteiger partial charge in [0.05, 0.1) is 28.2 Å². The molecule has 0 atom stereocenters. The number of carbonyl (C=O) groups is 1. The largest absolute Gasteiger partial charge is 0.416 e. The van der Waals surface area contributed by atoms with E-state index in [4.69, 9.17) is 17.3 Å². The minimum Gasteiger partial charge on any atom is -0.366 e. The van der Waals surface area contributed by atoms with Gasteiger partial charge in [0.2, 0.25) is 0 Å². The Labute approximate surface area is 160 Å². The van der Waals surface area contributed by atoms with Gasteiger partial charge >= 0.3 is 6.18 Å². The number of aromatic amines is 2. The van der Waals surface area contributed by atoms with Crippen LogP contribution in [0.3, 0.4) is 0 Å². The monoisotopic (exact) mass is 405 g/mol. The van der Waals surface area contributed by atoms with Gasteiger partial charge in [-0.25, -0.2) is 9.97 Å². The first-order valence-electron chi connectivity index (χ1n) is 7.94. The number of hydrogen-bond acceptors (Lipinski definition) is 3. The van der Waals surface area contributed by atoms with Crippen molar-refractivity contribution in [2.75, 3.05) is 0 Å². The summed E-state index contributed by atoms with van der Waals surface area (Å²) in [4.78, 5) is 26.1. The van der Waals surface area contributed by atoms with E-state index >= 15 is 0 Å². The molecule has 0 aliphatic rings. The Kier molecular flexibility index (Phi) is 4.11. The Morgan fingerprint density at radius 3 is 2.64 bits per heavy atom. The maximum Gasteiger partial charge on any atom is 0.416 e. The van der Waals surface area contributed by atoms with E-state index in [-0.39, 0.29) is 21.8 Å². The van der Waals surface area contributed by atoms with Gasteiger partial charge in [0, 0.05) is 22.2 Å². The summed E-state index contributed by atoms with van der Waals surface area (Å²) < 4.78 is 39.4. The van der Waals surface area contributed by atoms with E-state index in [1.807, 2.05) is 0 Å². The summed E-state index contributed by atoms with van der Waals surface area (Å²) in [5.41, 5.74) is 6.07. The van der Waals surface area contributed by atoms with Crippen molar-refractivity contribution in [2.45, 2.75) is 6.18 Å². The third-order valence-corrected chi connectivity index (χ3v) is 4.58. The average Bonchev–Trinajstić information content (AvgIpc) is 3.28. The number of primary amides is 1. The predicted octanol–water partition coefficient (Wildman–Crippen LogP) is 4.39. The Bertz CT molecular complexity index is 1210. The molecular weight excluding hydrogens is 395 g/mol. The van der Waals surface area contributed by atoms with E-state index in [9.17, 15) is 18.0 Å². The molecule has 0 fully saturated rings. The highest BCUT2D eigenvalue weighted by Gasteiger charge is 2.31. The van der Waals surface area contributed by atoms with Gasteiger partial charge in [-0.1, -0.05) is 11.6 Å². The van der Waals surface area contributed by atoms with Gasteiger partial charge in [-0.2, -0.15) is 13.2 Å². The molecule has 0 spiro atoms. The molecule has 1 amide bonds. The molecule has 0 radical (unpaired) electrons. The van der Waals surface area contributed by atoms with Gasteiger partial charge in [-0.3, -0.25) is 4.79 Å². The van der Waals surface area contributed by atoms with E-state index in [2.05, 4.69) is 19.9 Å². The summed E-state index contributed by atoms with van der Waals surface area (Å²) in [5.74, 6) is -0.814. The fourth-order valence-electron chi connectivity index (χ4n) is 2.97. The van der Waals surface area contributed by atoms with Crippen LogP contribution in [0.1, 0.15) is 15.9 Å². The van der Waals surface area contributed by atoms with E-state index in [1.54, 1.807) is 12.3 Å². The molecule has 0 bridgehead atoms. The summed E-state index contributed by atoms with van der Waals surface area (Å²) in [6.45, 7) is 0. The van der Waals surface area contributed by atoms with Gasteiger partial charge in [-0.05, 0) is 30.3 Å². The predicted molar refractivity (Wildman–Crippen MR) is 97.6 cm³/mol. The number of benzene rings is 1. The van der Waals surface area contributed by atoms with Crippen molar-refractivity contribution in [1.82, 2.24) is 19.9 Å². The van der Waals surface area contributed by atoms with Crippen LogP contribution in [-0.4, -0.2) is 25.8 Å². The van der Waals surface area contributed by atoms with Gasteiger partial charge in [0.25, 0.3) is 5.91 Å². The molecule has 0 saturated carbocycles. The SMILES string of the molecule is NC(=O)c1cc(-c2ncnc3[nH]ccc23)[nH]c1-c1cc(C(F)(F)F)ccc1Cl. The maximum atomic E-state index is 13.1. The summed E-state index contributed by atoms with van der Waals surface area (Å²) in [7, 11) is 0.